The van der Waals surface area contributed by atoms with E-state index in [1.807, 2.05) is 16.9 Å². The van der Waals surface area contributed by atoms with E-state index in [1.165, 1.54) is 6.07 Å². The van der Waals surface area contributed by atoms with Gasteiger partial charge in [-0.05, 0) is 79.7 Å². The molecule has 0 saturated heterocycles. The Morgan fingerprint density at radius 2 is 1.83 bits per heavy atom. The van der Waals surface area contributed by atoms with Crippen LogP contribution in [0.3, 0.4) is 0 Å². The number of sulfonamides is 1. The van der Waals surface area contributed by atoms with E-state index in [0.717, 1.165) is 26.5 Å². The molecule has 0 radical (unpaired) electrons. The third kappa shape index (κ3) is 3.71. The third-order valence-corrected chi connectivity index (χ3v) is 6.68. The molecule has 2 aromatic rings. The zero-order valence-electron chi connectivity index (χ0n) is 12.2. The van der Waals surface area contributed by atoms with E-state index in [-0.39, 0.29) is 4.90 Å². The largest absolute Gasteiger partial charge is 0.333 e. The Morgan fingerprint density at radius 3 is 2.58 bits per heavy atom. The molecule has 0 saturated carbocycles. The SMILES string of the molecule is O=C(Nc1ccc(Br)c(Br)c1)NS(=O)(=O)c1ccc2c(c1)C=CC2. The minimum Gasteiger partial charge on any atom is -0.307 e. The van der Waals surface area contributed by atoms with Gasteiger partial charge < -0.3 is 5.32 Å². The van der Waals surface area contributed by atoms with E-state index in [2.05, 4.69) is 37.2 Å². The predicted octanol–water partition coefficient (Wildman–Crippen LogP) is 4.29. The van der Waals surface area contributed by atoms with Gasteiger partial charge in [-0.15, -0.1) is 0 Å². The van der Waals surface area contributed by atoms with Crippen molar-refractivity contribution in [3.05, 3.63) is 62.5 Å². The maximum atomic E-state index is 12.3. The van der Waals surface area contributed by atoms with Gasteiger partial charge in [0.25, 0.3) is 10.0 Å². The third-order valence-electron chi connectivity index (χ3n) is 3.47. The average Bonchev–Trinajstić information content (AvgIpc) is 2.98. The number of carbonyl (C=O) groups is 1. The van der Waals surface area contributed by atoms with E-state index in [1.54, 1.807) is 30.3 Å². The van der Waals surface area contributed by atoms with Gasteiger partial charge in [-0.2, -0.15) is 0 Å². The summed E-state index contributed by atoms with van der Waals surface area (Å²) in [7, 11) is -3.94. The molecular weight excluding hydrogens is 460 g/mol. The molecule has 1 aliphatic carbocycles. The first-order chi connectivity index (χ1) is 11.3. The van der Waals surface area contributed by atoms with Crippen LogP contribution in [0.1, 0.15) is 11.1 Å². The maximum Gasteiger partial charge on any atom is 0.333 e. The molecule has 0 aliphatic heterocycles. The van der Waals surface area contributed by atoms with E-state index >= 15 is 0 Å². The fourth-order valence-electron chi connectivity index (χ4n) is 2.31. The first-order valence-corrected chi connectivity index (χ1v) is 10.0. The van der Waals surface area contributed by atoms with Crippen LogP contribution in [0.2, 0.25) is 0 Å². The number of rotatable bonds is 3. The Labute approximate surface area is 156 Å². The van der Waals surface area contributed by atoms with E-state index in [4.69, 9.17) is 0 Å². The quantitative estimate of drug-likeness (QED) is 0.700. The minimum atomic E-state index is -3.94. The zero-order valence-corrected chi connectivity index (χ0v) is 16.2. The Morgan fingerprint density at radius 1 is 1.04 bits per heavy atom. The maximum absolute atomic E-state index is 12.3. The average molecular weight is 472 g/mol. The highest BCUT2D eigenvalue weighted by molar-refractivity contribution is 9.13. The molecule has 2 N–H and O–H groups in total. The lowest BCUT2D eigenvalue weighted by molar-refractivity contribution is 0.256. The number of anilines is 1. The van der Waals surface area contributed by atoms with Crippen LogP contribution >= 0.6 is 31.9 Å². The molecule has 0 heterocycles. The van der Waals surface area contributed by atoms with Crippen molar-refractivity contribution >= 4 is 59.7 Å². The topological polar surface area (TPSA) is 75.3 Å². The van der Waals surface area contributed by atoms with E-state index in [9.17, 15) is 13.2 Å². The number of fused-ring (bicyclic) bond motifs is 1. The van der Waals surface area contributed by atoms with Crippen LogP contribution in [-0.4, -0.2) is 14.4 Å². The summed E-state index contributed by atoms with van der Waals surface area (Å²) in [6.07, 6.45) is 4.63. The van der Waals surface area contributed by atoms with Crippen molar-refractivity contribution in [2.24, 2.45) is 0 Å². The van der Waals surface area contributed by atoms with Crippen molar-refractivity contribution in [3.8, 4) is 0 Å². The van der Waals surface area contributed by atoms with Crippen LogP contribution < -0.4 is 10.0 Å². The van der Waals surface area contributed by atoms with Gasteiger partial charge >= 0.3 is 6.03 Å². The molecule has 24 heavy (non-hydrogen) atoms. The Bertz CT molecular complexity index is 956. The lowest BCUT2D eigenvalue weighted by Crippen LogP contribution is -2.34. The highest BCUT2D eigenvalue weighted by Gasteiger charge is 2.19. The molecule has 0 fully saturated rings. The Balaban J connectivity index is 1.75. The second-order valence-electron chi connectivity index (χ2n) is 5.16. The number of halogens is 2. The van der Waals surface area contributed by atoms with Crippen LogP contribution in [-0.2, 0) is 16.4 Å². The number of nitrogens with one attached hydrogen (secondary N) is 2. The molecule has 0 aromatic heterocycles. The second kappa shape index (κ2) is 6.70. The van der Waals surface area contributed by atoms with Crippen molar-refractivity contribution < 1.29 is 13.2 Å². The number of amides is 2. The number of carbonyl (C=O) groups excluding carboxylic acids is 1. The highest BCUT2D eigenvalue weighted by atomic mass is 79.9. The van der Waals surface area contributed by atoms with Gasteiger partial charge in [0.2, 0.25) is 0 Å². The standard InChI is InChI=1S/C16H12Br2N2O3S/c17-14-7-5-12(9-15(14)18)19-16(21)20-24(22,23)13-6-4-10-2-1-3-11(10)8-13/h1,3-9H,2H2,(H2,19,20,21). The van der Waals surface area contributed by atoms with Gasteiger partial charge in [0, 0.05) is 14.6 Å². The molecule has 5 nitrogen and oxygen atoms in total. The zero-order chi connectivity index (χ0) is 17.3. The van der Waals surface area contributed by atoms with Gasteiger partial charge in [-0.25, -0.2) is 17.9 Å². The summed E-state index contributed by atoms with van der Waals surface area (Å²) in [5, 5.41) is 2.49. The molecule has 0 bridgehead atoms. The lowest BCUT2D eigenvalue weighted by Gasteiger charge is -2.10. The Kier molecular flexibility index (Phi) is 4.80. The number of benzene rings is 2. The monoisotopic (exact) mass is 470 g/mol. The number of hydrogen-bond donors (Lipinski definition) is 2. The number of hydrogen-bond acceptors (Lipinski definition) is 3. The summed E-state index contributed by atoms with van der Waals surface area (Å²) in [5.74, 6) is 0. The van der Waals surface area contributed by atoms with Crippen LogP contribution in [0.25, 0.3) is 6.08 Å². The fourth-order valence-corrected chi connectivity index (χ4v) is 3.87. The highest BCUT2D eigenvalue weighted by Crippen LogP contribution is 2.26. The van der Waals surface area contributed by atoms with Crippen molar-refractivity contribution in [3.63, 3.8) is 0 Å². The van der Waals surface area contributed by atoms with Gasteiger partial charge in [-0.1, -0.05) is 18.2 Å². The summed E-state index contributed by atoms with van der Waals surface area (Å²) in [5.41, 5.74) is 2.39. The molecule has 3 rings (SSSR count). The van der Waals surface area contributed by atoms with Crippen molar-refractivity contribution in [2.45, 2.75) is 11.3 Å². The first-order valence-electron chi connectivity index (χ1n) is 6.93. The Hall–Kier alpha value is -1.64. The predicted molar refractivity (Wildman–Crippen MR) is 100 cm³/mol. The summed E-state index contributed by atoms with van der Waals surface area (Å²) in [6, 6.07) is 9.05. The van der Waals surface area contributed by atoms with Crippen LogP contribution in [0, 0.1) is 0 Å². The fraction of sp³-hybridized carbons (Fsp3) is 0.0625. The summed E-state index contributed by atoms with van der Waals surface area (Å²) < 4.78 is 28.3. The van der Waals surface area contributed by atoms with Crippen LogP contribution in [0.5, 0.6) is 0 Å². The van der Waals surface area contributed by atoms with Gasteiger partial charge in [0.15, 0.2) is 0 Å². The lowest BCUT2D eigenvalue weighted by atomic mass is 10.1. The smallest absolute Gasteiger partial charge is 0.307 e. The molecule has 0 unspecified atom stereocenters. The normalized spacial score (nSPS) is 12.8. The number of allylic oxidation sites excluding steroid dienone is 1. The van der Waals surface area contributed by atoms with E-state index < -0.39 is 16.1 Å². The number of urea groups is 1. The molecule has 2 aromatic carbocycles. The molecule has 0 spiro atoms. The van der Waals surface area contributed by atoms with Crippen molar-refractivity contribution in [1.82, 2.24) is 4.72 Å². The van der Waals surface area contributed by atoms with Gasteiger partial charge in [0.1, 0.15) is 0 Å². The minimum absolute atomic E-state index is 0.0555. The molecule has 1 aliphatic rings. The van der Waals surface area contributed by atoms with Crippen LogP contribution in [0.15, 0.2) is 56.3 Å². The summed E-state index contributed by atoms with van der Waals surface area (Å²) in [4.78, 5) is 12.0. The van der Waals surface area contributed by atoms with Gasteiger partial charge in [0.05, 0.1) is 4.90 Å². The van der Waals surface area contributed by atoms with Crippen molar-refractivity contribution in [1.29, 1.82) is 0 Å². The molecule has 124 valence electrons. The first kappa shape index (κ1) is 17.2. The van der Waals surface area contributed by atoms with Crippen LogP contribution in [0.4, 0.5) is 10.5 Å². The second-order valence-corrected chi connectivity index (χ2v) is 8.55. The molecular formula is C16H12Br2N2O3S. The van der Waals surface area contributed by atoms with Crippen molar-refractivity contribution in [2.75, 3.05) is 5.32 Å². The summed E-state index contributed by atoms with van der Waals surface area (Å²) in [6.45, 7) is 0. The molecule has 2 amide bonds. The molecule has 8 heteroatoms. The molecule has 0 atom stereocenters. The van der Waals surface area contributed by atoms with E-state index in [0.29, 0.717) is 5.69 Å². The summed E-state index contributed by atoms with van der Waals surface area (Å²) >= 11 is 6.64. The van der Waals surface area contributed by atoms with Gasteiger partial charge in [-0.3, -0.25) is 0 Å².